The Labute approximate surface area is 123 Å². The van der Waals surface area contributed by atoms with Crippen molar-refractivity contribution in [3.05, 3.63) is 29.8 Å². The number of hydrogen-bond acceptors (Lipinski definition) is 5. The summed E-state index contributed by atoms with van der Waals surface area (Å²) in [6, 6.07) is 6.38. The van der Waals surface area contributed by atoms with Crippen LogP contribution in [0.25, 0.3) is 0 Å². The second-order valence-electron chi connectivity index (χ2n) is 4.79. The summed E-state index contributed by atoms with van der Waals surface area (Å²) in [6.07, 6.45) is 1.95. The van der Waals surface area contributed by atoms with Gasteiger partial charge in [0.2, 0.25) is 0 Å². The maximum absolute atomic E-state index is 10.8. The van der Waals surface area contributed by atoms with Crippen molar-refractivity contribution in [1.82, 2.24) is 5.32 Å². The Balaban J connectivity index is 2.28. The van der Waals surface area contributed by atoms with Gasteiger partial charge in [0, 0.05) is 18.8 Å². The molecule has 20 heavy (non-hydrogen) atoms. The molecule has 1 unspecified atom stereocenters. The fraction of sp³-hybridized carbons (Fsp3) is 0.500. The van der Waals surface area contributed by atoms with Crippen LogP contribution in [0, 0.1) is 0 Å². The molecular weight excluding hydrogens is 278 g/mol. The standard InChI is InChI=1S/C14H21NO4S/c1-14(18,10-20-2)9-15-6-7-19-12-5-3-4-11(8-12)13(16)17/h3-5,8,15,18H,6-7,9-10H2,1-2H3,(H,16,17). The Morgan fingerprint density at radius 2 is 2.25 bits per heavy atom. The monoisotopic (exact) mass is 299 g/mol. The zero-order chi connectivity index (χ0) is 15.0. The van der Waals surface area contributed by atoms with Gasteiger partial charge in [0.15, 0.2) is 0 Å². The molecule has 0 saturated heterocycles. The molecule has 0 spiro atoms. The second-order valence-corrected chi connectivity index (χ2v) is 5.65. The van der Waals surface area contributed by atoms with E-state index in [1.54, 1.807) is 30.8 Å². The summed E-state index contributed by atoms with van der Waals surface area (Å²) in [7, 11) is 0. The summed E-state index contributed by atoms with van der Waals surface area (Å²) < 4.78 is 5.46. The van der Waals surface area contributed by atoms with Crippen molar-refractivity contribution in [2.24, 2.45) is 0 Å². The Morgan fingerprint density at radius 3 is 2.90 bits per heavy atom. The third-order valence-electron chi connectivity index (χ3n) is 2.59. The Kier molecular flexibility index (Phi) is 6.84. The molecule has 1 rings (SSSR count). The molecule has 5 nitrogen and oxygen atoms in total. The maximum Gasteiger partial charge on any atom is 0.335 e. The molecule has 1 aromatic carbocycles. The number of carboxylic acid groups (broad SMARTS) is 1. The van der Waals surface area contributed by atoms with Crippen LogP contribution in [0.5, 0.6) is 5.75 Å². The summed E-state index contributed by atoms with van der Waals surface area (Å²) in [6.45, 7) is 3.28. The number of aromatic carboxylic acids is 1. The van der Waals surface area contributed by atoms with E-state index in [2.05, 4.69) is 5.32 Å². The molecule has 0 aliphatic carbocycles. The normalized spacial score (nSPS) is 13.8. The molecule has 0 amide bonds. The van der Waals surface area contributed by atoms with E-state index in [-0.39, 0.29) is 5.56 Å². The number of hydrogen-bond donors (Lipinski definition) is 3. The molecule has 0 heterocycles. The smallest absolute Gasteiger partial charge is 0.335 e. The number of carboxylic acids is 1. The molecule has 1 aromatic rings. The van der Waals surface area contributed by atoms with Crippen molar-refractivity contribution in [1.29, 1.82) is 0 Å². The van der Waals surface area contributed by atoms with Crippen LogP contribution in [0.2, 0.25) is 0 Å². The largest absolute Gasteiger partial charge is 0.492 e. The number of ether oxygens (including phenoxy) is 1. The number of benzene rings is 1. The summed E-state index contributed by atoms with van der Waals surface area (Å²) in [4.78, 5) is 10.8. The molecule has 3 N–H and O–H groups in total. The van der Waals surface area contributed by atoms with Gasteiger partial charge in [-0.1, -0.05) is 6.07 Å². The van der Waals surface area contributed by atoms with Gasteiger partial charge < -0.3 is 20.3 Å². The number of rotatable bonds is 9. The Bertz CT molecular complexity index is 437. The fourth-order valence-electron chi connectivity index (χ4n) is 1.68. The number of carbonyl (C=O) groups is 1. The molecule has 0 fully saturated rings. The second kappa shape index (κ2) is 8.14. The van der Waals surface area contributed by atoms with Gasteiger partial charge in [-0.15, -0.1) is 0 Å². The summed E-state index contributed by atoms with van der Waals surface area (Å²) in [5.74, 6) is 0.228. The Morgan fingerprint density at radius 1 is 1.50 bits per heavy atom. The van der Waals surface area contributed by atoms with Crippen molar-refractivity contribution in [2.75, 3.05) is 31.7 Å². The van der Waals surface area contributed by atoms with E-state index < -0.39 is 11.6 Å². The minimum atomic E-state index is -0.971. The quantitative estimate of drug-likeness (QED) is 0.599. The highest BCUT2D eigenvalue weighted by Crippen LogP contribution is 2.13. The van der Waals surface area contributed by atoms with Crippen molar-refractivity contribution >= 4 is 17.7 Å². The van der Waals surface area contributed by atoms with Gasteiger partial charge in [-0.3, -0.25) is 0 Å². The van der Waals surface area contributed by atoms with E-state index in [1.807, 2.05) is 6.26 Å². The van der Waals surface area contributed by atoms with E-state index in [1.165, 1.54) is 12.1 Å². The number of nitrogens with one attached hydrogen (secondary N) is 1. The predicted molar refractivity (Wildman–Crippen MR) is 80.8 cm³/mol. The third-order valence-corrected chi connectivity index (χ3v) is 3.50. The number of thioether (sulfide) groups is 1. The van der Waals surface area contributed by atoms with E-state index in [9.17, 15) is 9.90 Å². The van der Waals surface area contributed by atoms with Crippen molar-refractivity contribution in [2.45, 2.75) is 12.5 Å². The average molecular weight is 299 g/mol. The van der Waals surface area contributed by atoms with Crippen molar-refractivity contribution in [3.8, 4) is 5.75 Å². The van der Waals surface area contributed by atoms with Crippen molar-refractivity contribution < 1.29 is 19.7 Å². The first-order chi connectivity index (χ1) is 9.44. The van der Waals surface area contributed by atoms with Gasteiger partial charge in [-0.05, 0) is 31.4 Å². The summed E-state index contributed by atoms with van der Waals surface area (Å²) >= 11 is 1.60. The van der Waals surface area contributed by atoms with Crippen LogP contribution in [-0.2, 0) is 0 Å². The molecular formula is C14H21NO4S. The average Bonchev–Trinajstić information content (AvgIpc) is 2.38. The van der Waals surface area contributed by atoms with Crippen LogP contribution in [0.3, 0.4) is 0 Å². The van der Waals surface area contributed by atoms with Gasteiger partial charge in [0.1, 0.15) is 12.4 Å². The summed E-state index contributed by atoms with van der Waals surface area (Å²) in [5, 5.41) is 21.9. The van der Waals surface area contributed by atoms with Crippen molar-refractivity contribution in [3.63, 3.8) is 0 Å². The molecule has 0 aromatic heterocycles. The molecule has 0 aliphatic heterocycles. The van der Waals surface area contributed by atoms with E-state index in [4.69, 9.17) is 9.84 Å². The summed E-state index contributed by atoms with van der Waals surface area (Å²) in [5.41, 5.74) is -0.527. The Hall–Kier alpha value is -1.24. The number of aliphatic hydroxyl groups is 1. The first-order valence-electron chi connectivity index (χ1n) is 6.33. The van der Waals surface area contributed by atoms with E-state index in [0.29, 0.717) is 31.2 Å². The molecule has 0 radical (unpaired) electrons. The lowest BCUT2D eigenvalue weighted by Gasteiger charge is -2.22. The predicted octanol–water partition coefficient (Wildman–Crippen LogP) is 1.47. The van der Waals surface area contributed by atoms with E-state index >= 15 is 0 Å². The van der Waals surface area contributed by atoms with Crippen LogP contribution >= 0.6 is 11.8 Å². The highest BCUT2D eigenvalue weighted by atomic mass is 32.2. The van der Waals surface area contributed by atoms with Crippen LogP contribution in [0.1, 0.15) is 17.3 Å². The third kappa shape index (κ3) is 6.27. The van der Waals surface area contributed by atoms with E-state index in [0.717, 1.165) is 0 Å². The van der Waals surface area contributed by atoms with Crippen LogP contribution in [0.4, 0.5) is 0 Å². The van der Waals surface area contributed by atoms with Gasteiger partial charge in [0.25, 0.3) is 0 Å². The van der Waals surface area contributed by atoms with Crippen LogP contribution < -0.4 is 10.1 Å². The molecule has 112 valence electrons. The van der Waals surface area contributed by atoms with Gasteiger partial charge in [-0.2, -0.15) is 11.8 Å². The zero-order valence-electron chi connectivity index (χ0n) is 11.8. The van der Waals surface area contributed by atoms with Crippen LogP contribution in [0.15, 0.2) is 24.3 Å². The lowest BCUT2D eigenvalue weighted by Crippen LogP contribution is -2.41. The SMILES string of the molecule is CSCC(C)(O)CNCCOc1cccc(C(=O)O)c1. The highest BCUT2D eigenvalue weighted by Gasteiger charge is 2.18. The first-order valence-corrected chi connectivity index (χ1v) is 7.72. The fourth-order valence-corrected chi connectivity index (χ4v) is 2.40. The molecule has 0 aliphatic rings. The molecule has 1 atom stereocenters. The van der Waals surface area contributed by atoms with Gasteiger partial charge in [0.05, 0.1) is 11.2 Å². The minimum absolute atomic E-state index is 0.207. The van der Waals surface area contributed by atoms with Crippen LogP contribution in [-0.4, -0.2) is 53.5 Å². The lowest BCUT2D eigenvalue weighted by molar-refractivity contribution is 0.0695. The maximum atomic E-state index is 10.8. The zero-order valence-corrected chi connectivity index (χ0v) is 12.6. The minimum Gasteiger partial charge on any atom is -0.492 e. The topological polar surface area (TPSA) is 78.8 Å². The molecule has 0 saturated carbocycles. The van der Waals surface area contributed by atoms with Gasteiger partial charge >= 0.3 is 5.97 Å². The first kappa shape index (κ1) is 16.8. The lowest BCUT2D eigenvalue weighted by atomic mass is 10.1. The molecule has 6 heteroatoms. The highest BCUT2D eigenvalue weighted by molar-refractivity contribution is 7.98. The molecule has 0 bridgehead atoms. The van der Waals surface area contributed by atoms with Gasteiger partial charge in [-0.25, -0.2) is 4.79 Å².